The monoisotopic (exact) mass is 197 g/mol. The van der Waals surface area contributed by atoms with Crippen molar-refractivity contribution < 1.29 is 14.3 Å². The van der Waals surface area contributed by atoms with Crippen LogP contribution >= 0.6 is 0 Å². The van der Waals surface area contributed by atoms with Gasteiger partial charge in [0.15, 0.2) is 5.75 Å². The maximum atomic E-state index is 11.7. The zero-order valence-corrected chi connectivity index (χ0v) is 7.87. The molecule has 76 valence electrons. The molecule has 0 radical (unpaired) electrons. The molecule has 0 spiro atoms. The molecule has 0 aliphatic rings. The van der Waals surface area contributed by atoms with Gasteiger partial charge >= 0.3 is 0 Å². The Bertz CT molecular complexity index is 287. The van der Waals surface area contributed by atoms with Crippen LogP contribution in [0.25, 0.3) is 0 Å². The number of halogens is 1. The Labute approximate surface area is 81.8 Å². The first kappa shape index (κ1) is 10.5. The summed E-state index contributed by atoms with van der Waals surface area (Å²) >= 11 is 0. The summed E-state index contributed by atoms with van der Waals surface area (Å²) in [6.07, 6.45) is 1.38. The Kier molecular flexibility index (Phi) is 3.91. The molecular weight excluding hydrogens is 185 g/mol. The molecule has 0 fully saturated rings. The van der Waals surface area contributed by atoms with Gasteiger partial charge in [-0.25, -0.2) is 0 Å². The molecule has 0 aliphatic carbocycles. The maximum absolute atomic E-state index is 11.7. The lowest BCUT2D eigenvalue weighted by Crippen LogP contribution is -2.26. The highest BCUT2D eigenvalue weighted by Crippen LogP contribution is 2.13. The summed E-state index contributed by atoms with van der Waals surface area (Å²) in [6, 6.07) is 6.69. The van der Waals surface area contributed by atoms with E-state index in [1.54, 1.807) is 24.3 Å². The molecule has 14 heavy (non-hydrogen) atoms. The van der Waals surface area contributed by atoms with Gasteiger partial charge < -0.3 is 5.32 Å². The molecule has 1 atom stereocenters. The molecule has 1 amide bonds. The zero-order chi connectivity index (χ0) is 10.4. The molecular formula is C10H12FNO2. The van der Waals surface area contributed by atoms with Gasteiger partial charge in [-0.2, -0.15) is 0 Å². The Morgan fingerprint density at radius 2 is 2.14 bits per heavy atom. The van der Waals surface area contributed by atoms with Crippen LogP contribution in [0.1, 0.15) is 12.5 Å². The molecule has 3 nitrogen and oxygen atoms in total. The molecule has 1 N–H and O–H groups in total. The number of nitrogens with one attached hydrogen (secondary N) is 1. The number of benzene rings is 1. The van der Waals surface area contributed by atoms with E-state index in [1.165, 1.54) is 0 Å². The van der Waals surface area contributed by atoms with Crippen LogP contribution in [0.2, 0.25) is 0 Å². The van der Waals surface area contributed by atoms with Gasteiger partial charge in [0.05, 0.1) is 0 Å². The maximum Gasteiger partial charge on any atom is 0.207 e. The Hall–Kier alpha value is -1.58. The summed E-state index contributed by atoms with van der Waals surface area (Å²) in [5.41, 5.74) is 1.02. The van der Waals surface area contributed by atoms with Gasteiger partial charge in [-0.3, -0.25) is 9.74 Å². The van der Waals surface area contributed by atoms with Crippen molar-refractivity contribution in [1.29, 1.82) is 0 Å². The molecule has 4 heteroatoms. The van der Waals surface area contributed by atoms with E-state index in [2.05, 4.69) is 10.3 Å². The summed E-state index contributed by atoms with van der Waals surface area (Å²) < 4.78 is 11.7. The predicted molar refractivity (Wildman–Crippen MR) is 50.5 cm³/mol. The molecule has 1 aromatic carbocycles. The topological polar surface area (TPSA) is 38.3 Å². The van der Waals surface area contributed by atoms with Gasteiger partial charge in [-0.1, -0.05) is 12.1 Å². The lowest BCUT2D eigenvalue weighted by atomic mass is 10.1. The quantitative estimate of drug-likeness (QED) is 0.728. The van der Waals surface area contributed by atoms with Crippen LogP contribution in [-0.4, -0.2) is 12.5 Å². The first-order chi connectivity index (χ1) is 6.76. The molecule has 0 heterocycles. The highest BCUT2D eigenvalue weighted by atomic mass is 19.3. The fourth-order valence-electron chi connectivity index (χ4n) is 1.21. The minimum atomic E-state index is 0.0737. The van der Waals surface area contributed by atoms with E-state index in [0.717, 1.165) is 5.56 Å². The average molecular weight is 197 g/mol. The average Bonchev–Trinajstić information content (AvgIpc) is 2.19. The first-order valence-corrected chi connectivity index (χ1v) is 4.33. The molecule has 1 aromatic rings. The van der Waals surface area contributed by atoms with Crippen molar-refractivity contribution in [3.63, 3.8) is 0 Å². The largest absolute Gasteiger partial charge is 0.356 e. The summed E-state index contributed by atoms with van der Waals surface area (Å²) in [5.74, 6) is 0.185. The third-order valence-electron chi connectivity index (χ3n) is 1.91. The Morgan fingerprint density at radius 1 is 1.50 bits per heavy atom. The van der Waals surface area contributed by atoms with Crippen molar-refractivity contribution >= 4 is 6.41 Å². The first-order valence-electron chi connectivity index (χ1n) is 4.33. The molecule has 0 saturated heterocycles. The van der Waals surface area contributed by atoms with Crippen molar-refractivity contribution in [3.8, 4) is 5.75 Å². The minimum absolute atomic E-state index is 0.0737. The molecule has 0 aliphatic heterocycles. The lowest BCUT2D eigenvalue weighted by molar-refractivity contribution is -0.110. The van der Waals surface area contributed by atoms with E-state index < -0.39 is 0 Å². The number of carbonyl (C=O) groups is 1. The number of hydrogen-bond acceptors (Lipinski definition) is 2. The van der Waals surface area contributed by atoms with Crippen LogP contribution in [0.15, 0.2) is 24.3 Å². The number of hydrogen-bond donors (Lipinski definition) is 1. The van der Waals surface area contributed by atoms with E-state index in [-0.39, 0.29) is 11.8 Å². The third-order valence-corrected chi connectivity index (χ3v) is 1.91. The summed E-state index contributed by atoms with van der Waals surface area (Å²) in [5, 5.41) is 2.64. The van der Waals surface area contributed by atoms with E-state index >= 15 is 0 Å². The summed E-state index contributed by atoms with van der Waals surface area (Å²) in [6.45, 7) is 1.90. The molecule has 1 rings (SSSR count). The van der Waals surface area contributed by atoms with Gasteiger partial charge in [0.25, 0.3) is 0 Å². The van der Waals surface area contributed by atoms with Crippen LogP contribution in [0.4, 0.5) is 4.53 Å². The fourth-order valence-corrected chi connectivity index (χ4v) is 1.21. The normalized spacial score (nSPS) is 11.9. The van der Waals surface area contributed by atoms with E-state index in [1.807, 2.05) is 6.92 Å². The van der Waals surface area contributed by atoms with Crippen LogP contribution in [0.5, 0.6) is 5.75 Å². The highest BCUT2D eigenvalue weighted by molar-refractivity contribution is 5.46. The van der Waals surface area contributed by atoms with Gasteiger partial charge in [0.2, 0.25) is 6.41 Å². The Morgan fingerprint density at radius 3 is 2.64 bits per heavy atom. The van der Waals surface area contributed by atoms with Gasteiger partial charge in [0.1, 0.15) is 0 Å². The molecule has 0 unspecified atom stereocenters. The second kappa shape index (κ2) is 5.21. The van der Waals surface area contributed by atoms with Crippen molar-refractivity contribution in [2.24, 2.45) is 0 Å². The highest BCUT2D eigenvalue weighted by Gasteiger charge is 2.02. The minimum Gasteiger partial charge on any atom is -0.356 e. The van der Waals surface area contributed by atoms with Gasteiger partial charge in [-0.05, 0) is 31.0 Å². The van der Waals surface area contributed by atoms with Crippen molar-refractivity contribution in [2.75, 3.05) is 0 Å². The summed E-state index contributed by atoms with van der Waals surface area (Å²) in [7, 11) is 0. The van der Waals surface area contributed by atoms with Crippen LogP contribution in [0, 0.1) is 0 Å². The number of rotatable bonds is 5. The molecule has 0 bridgehead atoms. The van der Waals surface area contributed by atoms with E-state index in [4.69, 9.17) is 0 Å². The third kappa shape index (κ3) is 3.05. The molecule has 0 aromatic heterocycles. The number of amides is 1. The van der Waals surface area contributed by atoms with Crippen molar-refractivity contribution in [1.82, 2.24) is 5.32 Å². The molecule has 0 saturated carbocycles. The standard InChI is InChI=1S/C10H12FNO2/c1-8(12-7-13)6-9-2-4-10(14-11)5-3-9/h2-5,7-8H,6H2,1H3,(H,12,13)/t8-/m1/s1. The van der Waals surface area contributed by atoms with Gasteiger partial charge in [0, 0.05) is 10.6 Å². The summed E-state index contributed by atoms with van der Waals surface area (Å²) in [4.78, 5) is 13.7. The number of carbonyl (C=O) groups excluding carboxylic acids is 1. The smallest absolute Gasteiger partial charge is 0.207 e. The second-order valence-corrected chi connectivity index (χ2v) is 3.11. The zero-order valence-electron chi connectivity index (χ0n) is 7.87. The van der Waals surface area contributed by atoms with Crippen molar-refractivity contribution in [3.05, 3.63) is 29.8 Å². The Balaban J connectivity index is 2.54. The predicted octanol–water partition coefficient (Wildman–Crippen LogP) is 1.63. The second-order valence-electron chi connectivity index (χ2n) is 3.11. The van der Waals surface area contributed by atoms with Crippen LogP contribution < -0.4 is 10.3 Å². The van der Waals surface area contributed by atoms with Crippen LogP contribution in [-0.2, 0) is 11.2 Å². The fraction of sp³-hybridized carbons (Fsp3) is 0.300. The lowest BCUT2D eigenvalue weighted by Gasteiger charge is -2.09. The van der Waals surface area contributed by atoms with Crippen LogP contribution in [0.3, 0.4) is 0 Å². The van der Waals surface area contributed by atoms with E-state index in [0.29, 0.717) is 12.8 Å². The SMILES string of the molecule is C[C@H](Cc1ccc(OF)cc1)NC=O. The van der Waals surface area contributed by atoms with Gasteiger partial charge in [-0.15, -0.1) is 0 Å². The van der Waals surface area contributed by atoms with E-state index in [9.17, 15) is 9.32 Å². The van der Waals surface area contributed by atoms with Crippen molar-refractivity contribution in [2.45, 2.75) is 19.4 Å².